The maximum Gasteiger partial charge on any atom is 0.322 e. The summed E-state index contributed by atoms with van der Waals surface area (Å²) in [6.45, 7) is 14.3. The summed E-state index contributed by atoms with van der Waals surface area (Å²) in [4.78, 5) is 159. The van der Waals surface area contributed by atoms with Crippen molar-refractivity contribution in [3.8, 4) is 0 Å². The second kappa shape index (κ2) is 42.6. The average molecular weight is 1200 g/mol. The Labute approximate surface area is 493 Å². The molecule has 13 atom stereocenters. The fraction of sp³-hybridized carbons (Fsp3) is 0.778. The van der Waals surface area contributed by atoms with Gasteiger partial charge in [-0.3, -0.25) is 57.5 Å². The monoisotopic (exact) mass is 1200 g/mol. The van der Waals surface area contributed by atoms with Crippen molar-refractivity contribution in [2.45, 2.75) is 206 Å². The molecule has 29 heteroatoms. The van der Waals surface area contributed by atoms with Crippen molar-refractivity contribution >= 4 is 82.7 Å². The molecule has 83 heavy (non-hydrogen) atoms. The van der Waals surface area contributed by atoms with Gasteiger partial charge in [0.2, 0.25) is 65.0 Å². The minimum atomic E-state index is -1.28. The fourth-order valence-electron chi connectivity index (χ4n) is 8.09. The van der Waals surface area contributed by atoms with Gasteiger partial charge < -0.3 is 86.5 Å². The number of rotatable bonds is 44. The summed E-state index contributed by atoms with van der Waals surface area (Å²) >= 11 is 1.53. The number of thioether (sulfide) groups is 1. The van der Waals surface area contributed by atoms with Gasteiger partial charge in [-0.1, -0.05) is 60.8 Å². The van der Waals surface area contributed by atoms with Crippen LogP contribution in [0.2, 0.25) is 0 Å². The highest BCUT2D eigenvalue weighted by molar-refractivity contribution is 7.98. The Balaban J connectivity index is 6.15. The van der Waals surface area contributed by atoms with Gasteiger partial charge in [0, 0.05) is 0 Å². The van der Waals surface area contributed by atoms with Crippen LogP contribution in [0.15, 0.2) is 0 Å². The normalized spacial score (nSPS) is 15.8. The quantitative estimate of drug-likeness (QED) is 0.0277. The smallest absolute Gasteiger partial charge is 0.322 e. The van der Waals surface area contributed by atoms with Gasteiger partial charge in [-0.15, -0.1) is 0 Å². The molecule has 0 aromatic rings. The summed E-state index contributed by atoms with van der Waals surface area (Å²) in [7, 11) is 0. The largest absolute Gasteiger partial charge is 0.480 e. The SMILES string of the molecule is CCC(C)C(NC(=O)C(CCCCN)NC(=O)CNC(=O)C(C)NC(=O)C(NC(=O)C(CCCCN)NC(=O)C(N)CCSC)C(C)CC)C(=O)NC(C)C(=O)NC(CCCCN)C(=O)NC(C(=O)NC(C)C(=O)NCC(=O)O)C(C)CC. The maximum absolute atomic E-state index is 14.0. The highest BCUT2D eigenvalue weighted by Gasteiger charge is 2.36. The molecule has 0 rings (SSSR count). The Morgan fingerprint density at radius 3 is 1.05 bits per heavy atom. The van der Waals surface area contributed by atoms with Crippen LogP contribution in [0.4, 0.5) is 0 Å². The van der Waals surface area contributed by atoms with Gasteiger partial charge in [0.05, 0.1) is 12.6 Å². The van der Waals surface area contributed by atoms with E-state index in [2.05, 4.69) is 58.5 Å². The van der Waals surface area contributed by atoms with E-state index in [1.165, 1.54) is 32.5 Å². The van der Waals surface area contributed by atoms with Gasteiger partial charge in [0.1, 0.15) is 60.9 Å². The van der Waals surface area contributed by atoms with Gasteiger partial charge in [0.25, 0.3) is 0 Å². The summed E-state index contributed by atoms with van der Waals surface area (Å²) < 4.78 is 0. The summed E-state index contributed by atoms with van der Waals surface area (Å²) in [5.74, 6) is -9.86. The van der Waals surface area contributed by atoms with Crippen LogP contribution in [0.5, 0.6) is 0 Å². The van der Waals surface area contributed by atoms with Crippen LogP contribution in [0.3, 0.4) is 0 Å². The zero-order chi connectivity index (χ0) is 63.4. The minimum absolute atomic E-state index is 0.0856. The zero-order valence-electron chi connectivity index (χ0n) is 50.5. The second-order valence-electron chi connectivity index (χ2n) is 21.1. The van der Waals surface area contributed by atoms with Gasteiger partial charge in [0.15, 0.2) is 0 Å². The molecule has 20 N–H and O–H groups in total. The van der Waals surface area contributed by atoms with Crippen LogP contribution in [-0.2, 0) is 57.5 Å². The van der Waals surface area contributed by atoms with E-state index in [1.54, 1.807) is 34.6 Å². The van der Waals surface area contributed by atoms with E-state index in [4.69, 9.17) is 28.0 Å². The van der Waals surface area contributed by atoms with E-state index in [0.29, 0.717) is 76.5 Å². The highest BCUT2D eigenvalue weighted by atomic mass is 32.2. The lowest BCUT2D eigenvalue weighted by atomic mass is 9.96. The summed E-state index contributed by atoms with van der Waals surface area (Å²) in [6, 6.07) is -11.4. The number of unbranched alkanes of at least 4 members (excludes halogenated alkanes) is 3. The Bertz CT molecular complexity index is 2090. The average Bonchev–Trinajstić information content (AvgIpc) is 3.51. The van der Waals surface area contributed by atoms with Gasteiger partial charge in [-0.05, 0) is 134 Å². The fourth-order valence-corrected chi connectivity index (χ4v) is 8.58. The molecule has 13 unspecified atom stereocenters. The van der Waals surface area contributed by atoms with Crippen molar-refractivity contribution in [1.82, 2.24) is 58.5 Å². The van der Waals surface area contributed by atoms with Crippen molar-refractivity contribution in [3.05, 3.63) is 0 Å². The number of carboxylic acid groups (broad SMARTS) is 1. The molecule has 0 aliphatic carbocycles. The molecule has 0 aromatic carbocycles. The van der Waals surface area contributed by atoms with Crippen molar-refractivity contribution in [2.75, 3.05) is 44.7 Å². The summed E-state index contributed by atoms with van der Waals surface area (Å²) in [5, 5.41) is 37.3. The second-order valence-corrected chi connectivity index (χ2v) is 22.1. The molecule has 476 valence electrons. The molecule has 28 nitrogen and oxygen atoms in total. The molecule has 0 aliphatic heterocycles. The third-order valence-electron chi connectivity index (χ3n) is 14.2. The summed E-state index contributed by atoms with van der Waals surface area (Å²) in [5.41, 5.74) is 23.2. The van der Waals surface area contributed by atoms with Gasteiger partial charge in [-0.25, -0.2) is 0 Å². The lowest BCUT2D eigenvalue weighted by molar-refractivity contribution is -0.138. The predicted octanol–water partition coefficient (Wildman–Crippen LogP) is -2.67. The van der Waals surface area contributed by atoms with Crippen LogP contribution in [0.25, 0.3) is 0 Å². The number of amides is 11. The van der Waals surface area contributed by atoms with E-state index in [0.717, 1.165) is 0 Å². The maximum atomic E-state index is 14.0. The minimum Gasteiger partial charge on any atom is -0.480 e. The Morgan fingerprint density at radius 1 is 0.398 bits per heavy atom. The van der Waals surface area contributed by atoms with Crippen LogP contribution in [0, 0.1) is 17.8 Å². The standard InChI is InChI=1S/C54H101N15O13S/c1-11-30(4)42(53(81)62-34(8)46(74)60-29-41(71)72)68-50(78)38(21-15-18-25-56)65-47(75)35(9)63-54(82)44(32(6)13-3)67-49(77)37(20-14-17-24-55)64-40(70)28-59-45(73)33(7)61-52(80)43(31(5)12-2)69-51(79)39(22-16-19-26-57)66-48(76)36(58)23-27-83-10/h30-39,42-44H,11-29,55-58H2,1-10H3,(H,59,73)(H,60,74)(H,61,80)(H,62,81)(H,63,82)(H,64,70)(H,65,75)(H,66,76)(H,67,77)(H,68,78)(H,69,79)(H,71,72). The predicted molar refractivity (Wildman–Crippen MR) is 316 cm³/mol. The molecule has 0 bridgehead atoms. The molecular weight excluding hydrogens is 1100 g/mol. The topological polar surface area (TPSA) is 461 Å². The molecule has 0 heterocycles. The highest BCUT2D eigenvalue weighted by Crippen LogP contribution is 2.14. The molecule has 0 fully saturated rings. The van der Waals surface area contributed by atoms with E-state index in [-0.39, 0.29) is 32.4 Å². The molecule has 0 aromatic heterocycles. The lowest BCUT2D eigenvalue weighted by Gasteiger charge is -2.29. The van der Waals surface area contributed by atoms with E-state index in [9.17, 15) is 57.5 Å². The number of nitrogens with two attached hydrogens (primary N) is 4. The van der Waals surface area contributed by atoms with Crippen molar-refractivity contribution in [2.24, 2.45) is 40.7 Å². The molecular formula is C54H101N15O13S. The first-order valence-electron chi connectivity index (χ1n) is 29.0. The number of carbonyl (C=O) groups is 12. The number of hydrogen-bond acceptors (Lipinski definition) is 17. The van der Waals surface area contributed by atoms with Crippen LogP contribution in [-0.4, -0.2) is 181 Å². The van der Waals surface area contributed by atoms with Crippen LogP contribution < -0.4 is 81.4 Å². The zero-order valence-corrected chi connectivity index (χ0v) is 51.3. The third-order valence-corrected chi connectivity index (χ3v) is 14.8. The van der Waals surface area contributed by atoms with Gasteiger partial charge >= 0.3 is 5.97 Å². The Morgan fingerprint density at radius 2 is 0.723 bits per heavy atom. The first-order chi connectivity index (χ1) is 39.2. The number of nitrogens with one attached hydrogen (secondary N) is 11. The van der Waals surface area contributed by atoms with Crippen LogP contribution >= 0.6 is 11.8 Å². The number of aliphatic carboxylic acids is 1. The lowest BCUT2D eigenvalue weighted by Crippen LogP contribution is -2.60. The van der Waals surface area contributed by atoms with Gasteiger partial charge in [-0.2, -0.15) is 11.8 Å². The van der Waals surface area contributed by atoms with E-state index in [1.807, 2.05) is 13.2 Å². The molecule has 0 spiro atoms. The van der Waals surface area contributed by atoms with Crippen molar-refractivity contribution < 1.29 is 62.6 Å². The first kappa shape index (κ1) is 76.8. The van der Waals surface area contributed by atoms with Crippen molar-refractivity contribution in [1.29, 1.82) is 0 Å². The van der Waals surface area contributed by atoms with Crippen molar-refractivity contribution in [3.63, 3.8) is 0 Å². The molecule has 11 amide bonds. The number of carbonyl (C=O) groups excluding carboxylic acids is 11. The number of hydrogen-bond donors (Lipinski definition) is 16. The third kappa shape index (κ3) is 30.3. The Kier molecular flexibility index (Phi) is 39.4. The van der Waals surface area contributed by atoms with E-state index >= 15 is 0 Å². The molecule has 0 radical (unpaired) electrons. The van der Waals surface area contributed by atoms with Crippen LogP contribution in [0.1, 0.15) is 146 Å². The molecule has 0 saturated heterocycles. The molecule has 0 aliphatic rings. The Hall–Kier alpha value is -6.17. The molecule has 0 saturated carbocycles. The summed E-state index contributed by atoms with van der Waals surface area (Å²) in [6.07, 6.45) is 6.81. The first-order valence-corrected chi connectivity index (χ1v) is 30.4. The number of carboxylic acids is 1. The van der Waals surface area contributed by atoms with E-state index < -0.39 is 162 Å².